The first-order valence-electron chi connectivity index (χ1n) is 5.54. The van der Waals surface area contributed by atoms with Gasteiger partial charge in [-0.25, -0.2) is 13.8 Å². The van der Waals surface area contributed by atoms with Crippen LogP contribution in [-0.4, -0.2) is 9.97 Å². The van der Waals surface area contributed by atoms with Crippen molar-refractivity contribution in [2.75, 3.05) is 11.1 Å². The maximum absolute atomic E-state index is 13.6. The molecule has 19 heavy (non-hydrogen) atoms. The molecule has 3 N–H and O–H groups in total. The van der Waals surface area contributed by atoms with Crippen LogP contribution in [-0.2, 0) is 6.42 Å². The fourth-order valence-corrected chi connectivity index (χ4v) is 1.85. The van der Waals surface area contributed by atoms with E-state index in [1.54, 1.807) is 6.92 Å². The molecule has 0 aliphatic heterocycles. The van der Waals surface area contributed by atoms with Crippen molar-refractivity contribution in [3.05, 3.63) is 40.6 Å². The molecule has 0 aliphatic rings. The smallest absolute Gasteiger partial charge is 0.223 e. The van der Waals surface area contributed by atoms with Gasteiger partial charge in [0.1, 0.15) is 22.6 Å². The lowest BCUT2D eigenvalue weighted by molar-refractivity contribution is 0.560. The SMILES string of the molecule is CCc1c(F)cc(Nc2cc(Cl)nc(N)n2)cc1F. The fourth-order valence-electron chi connectivity index (χ4n) is 1.66. The quantitative estimate of drug-likeness (QED) is 0.849. The molecular formula is C12H11ClF2N4. The van der Waals surface area contributed by atoms with Gasteiger partial charge in [0.05, 0.1) is 0 Å². The number of hydrogen-bond donors (Lipinski definition) is 2. The second kappa shape index (κ2) is 5.36. The van der Waals surface area contributed by atoms with Gasteiger partial charge in [0.25, 0.3) is 0 Å². The lowest BCUT2D eigenvalue weighted by atomic mass is 10.1. The van der Waals surface area contributed by atoms with Crippen LogP contribution in [0.25, 0.3) is 0 Å². The molecule has 1 heterocycles. The van der Waals surface area contributed by atoms with Gasteiger partial charge in [-0.05, 0) is 18.6 Å². The minimum Gasteiger partial charge on any atom is -0.368 e. The third kappa shape index (κ3) is 3.08. The zero-order chi connectivity index (χ0) is 14.0. The Hall–Kier alpha value is -1.95. The molecule has 100 valence electrons. The molecule has 4 nitrogen and oxygen atoms in total. The predicted molar refractivity (Wildman–Crippen MR) is 70.5 cm³/mol. The molecule has 0 bridgehead atoms. The van der Waals surface area contributed by atoms with Crippen molar-refractivity contribution in [3.63, 3.8) is 0 Å². The van der Waals surface area contributed by atoms with Gasteiger partial charge in [-0.15, -0.1) is 0 Å². The molecule has 2 rings (SSSR count). The van der Waals surface area contributed by atoms with E-state index in [-0.39, 0.29) is 34.6 Å². The Kier molecular flexibility index (Phi) is 3.80. The molecule has 1 aromatic heterocycles. The largest absolute Gasteiger partial charge is 0.368 e. The normalized spacial score (nSPS) is 10.5. The topological polar surface area (TPSA) is 63.8 Å². The lowest BCUT2D eigenvalue weighted by Gasteiger charge is -2.09. The van der Waals surface area contributed by atoms with Gasteiger partial charge in [-0.1, -0.05) is 18.5 Å². The van der Waals surface area contributed by atoms with Crippen LogP contribution in [0.5, 0.6) is 0 Å². The maximum atomic E-state index is 13.6. The number of nitrogen functional groups attached to an aromatic ring is 1. The number of nitrogens with two attached hydrogens (primary N) is 1. The van der Waals surface area contributed by atoms with Crippen molar-refractivity contribution in [1.29, 1.82) is 0 Å². The number of hydrogen-bond acceptors (Lipinski definition) is 4. The number of halogens is 3. The van der Waals surface area contributed by atoms with Gasteiger partial charge in [0.15, 0.2) is 0 Å². The van der Waals surface area contributed by atoms with Gasteiger partial charge in [0.2, 0.25) is 5.95 Å². The van der Waals surface area contributed by atoms with Gasteiger partial charge in [-0.2, -0.15) is 4.98 Å². The van der Waals surface area contributed by atoms with Crippen LogP contribution in [0.1, 0.15) is 12.5 Å². The summed E-state index contributed by atoms with van der Waals surface area (Å²) in [6.07, 6.45) is 0.282. The third-order valence-corrected chi connectivity index (χ3v) is 2.67. The molecule has 1 aromatic carbocycles. The first-order valence-corrected chi connectivity index (χ1v) is 5.92. The molecule has 0 unspecified atom stereocenters. The molecule has 0 radical (unpaired) electrons. The molecule has 0 saturated heterocycles. The van der Waals surface area contributed by atoms with E-state index in [0.717, 1.165) is 0 Å². The summed E-state index contributed by atoms with van der Waals surface area (Å²) < 4.78 is 27.2. The van der Waals surface area contributed by atoms with Crippen LogP contribution in [0.2, 0.25) is 5.15 Å². The van der Waals surface area contributed by atoms with E-state index in [1.807, 2.05) is 0 Å². The second-order valence-electron chi connectivity index (χ2n) is 3.83. The first-order chi connectivity index (χ1) is 8.99. The van der Waals surface area contributed by atoms with Gasteiger partial charge < -0.3 is 11.1 Å². The Bertz CT molecular complexity index is 575. The predicted octanol–water partition coefficient (Wildman–Crippen LogP) is 3.30. The molecule has 2 aromatic rings. The van der Waals surface area contributed by atoms with Crippen molar-refractivity contribution in [2.24, 2.45) is 0 Å². The summed E-state index contributed by atoms with van der Waals surface area (Å²) in [6, 6.07) is 3.78. The van der Waals surface area contributed by atoms with Crippen molar-refractivity contribution in [3.8, 4) is 0 Å². The zero-order valence-electron chi connectivity index (χ0n) is 10.0. The van der Waals surface area contributed by atoms with E-state index in [9.17, 15) is 8.78 Å². The summed E-state index contributed by atoms with van der Waals surface area (Å²) in [5, 5.41) is 2.86. The Morgan fingerprint density at radius 3 is 2.37 bits per heavy atom. The van der Waals surface area contributed by atoms with E-state index >= 15 is 0 Å². The van der Waals surface area contributed by atoms with Crippen LogP contribution in [0.4, 0.5) is 26.2 Å². The first kappa shape index (κ1) is 13.5. The second-order valence-corrected chi connectivity index (χ2v) is 4.22. The maximum Gasteiger partial charge on any atom is 0.223 e. The summed E-state index contributed by atoms with van der Waals surface area (Å²) >= 11 is 5.71. The van der Waals surface area contributed by atoms with E-state index in [1.165, 1.54) is 18.2 Å². The number of anilines is 3. The number of nitrogens with one attached hydrogen (secondary N) is 1. The van der Waals surface area contributed by atoms with Crippen molar-refractivity contribution >= 4 is 29.1 Å². The van der Waals surface area contributed by atoms with Crippen LogP contribution in [0.3, 0.4) is 0 Å². The van der Waals surface area contributed by atoms with Crippen LogP contribution >= 0.6 is 11.6 Å². The Morgan fingerprint density at radius 1 is 1.21 bits per heavy atom. The van der Waals surface area contributed by atoms with Crippen LogP contribution in [0, 0.1) is 11.6 Å². The van der Waals surface area contributed by atoms with Gasteiger partial charge in [-0.3, -0.25) is 0 Å². The molecule has 0 aliphatic carbocycles. The molecular weight excluding hydrogens is 274 g/mol. The zero-order valence-corrected chi connectivity index (χ0v) is 10.8. The van der Waals surface area contributed by atoms with Crippen molar-refractivity contribution in [2.45, 2.75) is 13.3 Å². The van der Waals surface area contributed by atoms with Crippen LogP contribution in [0.15, 0.2) is 18.2 Å². The molecule has 0 atom stereocenters. The van der Waals surface area contributed by atoms with E-state index in [4.69, 9.17) is 17.3 Å². The number of rotatable bonds is 3. The van der Waals surface area contributed by atoms with E-state index in [2.05, 4.69) is 15.3 Å². The minimum absolute atomic E-state index is 0.0267. The van der Waals surface area contributed by atoms with Crippen molar-refractivity contribution in [1.82, 2.24) is 9.97 Å². The Morgan fingerprint density at radius 2 is 1.84 bits per heavy atom. The Balaban J connectivity index is 2.33. The summed E-state index contributed by atoms with van der Waals surface area (Å²) in [5.74, 6) is -0.988. The minimum atomic E-state index is -0.613. The van der Waals surface area contributed by atoms with Crippen molar-refractivity contribution < 1.29 is 8.78 Å². The van der Waals surface area contributed by atoms with E-state index < -0.39 is 11.6 Å². The highest BCUT2D eigenvalue weighted by Gasteiger charge is 2.10. The van der Waals surface area contributed by atoms with Crippen LogP contribution < -0.4 is 11.1 Å². The third-order valence-electron chi connectivity index (χ3n) is 2.48. The monoisotopic (exact) mass is 284 g/mol. The highest BCUT2D eigenvalue weighted by molar-refractivity contribution is 6.29. The lowest BCUT2D eigenvalue weighted by Crippen LogP contribution is -2.02. The standard InChI is InChI=1S/C12H11ClF2N4/c1-2-7-8(14)3-6(4-9(7)15)17-11-5-10(13)18-12(16)19-11/h3-5H,2H2,1H3,(H3,16,17,18,19). The number of nitrogens with zero attached hydrogens (tertiary/aromatic N) is 2. The molecule has 0 spiro atoms. The van der Waals surface area contributed by atoms with E-state index in [0.29, 0.717) is 0 Å². The summed E-state index contributed by atoms with van der Waals surface area (Å²) in [4.78, 5) is 7.54. The average Bonchev–Trinajstić information content (AvgIpc) is 2.26. The number of benzene rings is 1. The highest BCUT2D eigenvalue weighted by Crippen LogP contribution is 2.23. The van der Waals surface area contributed by atoms with Gasteiger partial charge >= 0.3 is 0 Å². The number of aromatic nitrogens is 2. The molecule has 0 amide bonds. The summed E-state index contributed by atoms with van der Waals surface area (Å²) in [6.45, 7) is 1.68. The molecule has 0 saturated carbocycles. The Labute approximate surface area is 113 Å². The molecule has 7 heteroatoms. The highest BCUT2D eigenvalue weighted by atomic mass is 35.5. The summed E-state index contributed by atoms with van der Waals surface area (Å²) in [7, 11) is 0. The van der Waals surface area contributed by atoms with Gasteiger partial charge in [0, 0.05) is 17.3 Å². The summed E-state index contributed by atoms with van der Waals surface area (Å²) in [5.41, 5.74) is 5.69. The fraction of sp³-hybridized carbons (Fsp3) is 0.167. The average molecular weight is 285 g/mol. The molecule has 0 fully saturated rings.